The second-order valence-corrected chi connectivity index (χ2v) is 5.25. The minimum absolute atomic E-state index is 0.513. The average molecular weight is 198 g/mol. The summed E-state index contributed by atoms with van der Waals surface area (Å²) in [5, 5.41) is 0. The first-order valence-corrected chi connectivity index (χ1v) is 6.30. The van der Waals surface area contributed by atoms with Crippen LogP contribution in [0, 0.1) is 11.8 Å². The minimum atomic E-state index is 0.513. The van der Waals surface area contributed by atoms with Crippen LogP contribution in [0.2, 0.25) is 0 Å². The van der Waals surface area contributed by atoms with Gasteiger partial charge in [-0.2, -0.15) is 0 Å². The quantitative estimate of drug-likeness (QED) is 0.606. The zero-order chi connectivity index (χ0) is 10.4. The van der Waals surface area contributed by atoms with Gasteiger partial charge in [-0.1, -0.05) is 39.5 Å². The molecule has 1 heteroatoms. The first-order chi connectivity index (χ1) is 6.68. The molecule has 1 fully saturated rings. The maximum absolute atomic E-state index is 5.55. The third kappa shape index (κ3) is 4.99. The van der Waals surface area contributed by atoms with Crippen LogP contribution < -0.4 is 0 Å². The van der Waals surface area contributed by atoms with Crippen molar-refractivity contribution in [2.45, 2.75) is 65.4 Å². The topological polar surface area (TPSA) is 9.23 Å². The van der Waals surface area contributed by atoms with Crippen LogP contribution in [0.3, 0.4) is 0 Å². The zero-order valence-electron chi connectivity index (χ0n) is 10.1. The van der Waals surface area contributed by atoms with Crippen LogP contribution in [0.4, 0.5) is 0 Å². The van der Waals surface area contributed by atoms with Crippen LogP contribution in [0.25, 0.3) is 0 Å². The highest BCUT2D eigenvalue weighted by atomic mass is 16.5. The van der Waals surface area contributed by atoms with Gasteiger partial charge in [-0.25, -0.2) is 0 Å². The lowest BCUT2D eigenvalue weighted by Gasteiger charge is -2.27. The van der Waals surface area contributed by atoms with Crippen molar-refractivity contribution in [1.29, 1.82) is 0 Å². The van der Waals surface area contributed by atoms with Crippen molar-refractivity contribution < 1.29 is 4.74 Å². The van der Waals surface area contributed by atoms with Crippen molar-refractivity contribution in [3.8, 4) is 0 Å². The van der Waals surface area contributed by atoms with Crippen LogP contribution in [-0.2, 0) is 4.74 Å². The highest BCUT2D eigenvalue weighted by Gasteiger charge is 2.18. The van der Waals surface area contributed by atoms with E-state index in [9.17, 15) is 0 Å². The molecular formula is C13H26O. The van der Waals surface area contributed by atoms with E-state index in [1.165, 1.54) is 38.5 Å². The first-order valence-electron chi connectivity index (χ1n) is 6.30. The van der Waals surface area contributed by atoms with Crippen LogP contribution in [0.5, 0.6) is 0 Å². The molecule has 2 unspecified atom stereocenters. The van der Waals surface area contributed by atoms with E-state index >= 15 is 0 Å². The molecule has 2 atom stereocenters. The predicted octanol–water partition coefficient (Wildman–Crippen LogP) is 4.02. The SMILES string of the molecule is CC(C)CCCCC1CCOC(C)C1. The fourth-order valence-corrected chi connectivity index (χ4v) is 2.34. The molecule has 0 amide bonds. The normalized spacial score (nSPS) is 28.3. The van der Waals surface area contributed by atoms with Crippen molar-refractivity contribution in [3.05, 3.63) is 0 Å². The molecule has 1 aliphatic rings. The molecule has 0 N–H and O–H groups in total. The lowest BCUT2D eigenvalue weighted by Crippen LogP contribution is -2.22. The molecule has 0 aromatic heterocycles. The monoisotopic (exact) mass is 198 g/mol. The molecule has 0 aromatic rings. The second-order valence-electron chi connectivity index (χ2n) is 5.25. The minimum Gasteiger partial charge on any atom is -0.378 e. The van der Waals surface area contributed by atoms with Crippen molar-refractivity contribution in [1.82, 2.24) is 0 Å². The van der Waals surface area contributed by atoms with Gasteiger partial charge in [0.2, 0.25) is 0 Å². The molecule has 0 saturated carbocycles. The van der Waals surface area contributed by atoms with Crippen LogP contribution in [0.1, 0.15) is 59.3 Å². The van der Waals surface area contributed by atoms with Gasteiger partial charge in [0.05, 0.1) is 6.10 Å². The third-order valence-corrected chi connectivity index (χ3v) is 3.24. The number of hydrogen-bond acceptors (Lipinski definition) is 1. The molecule has 84 valence electrons. The number of ether oxygens (including phenoxy) is 1. The van der Waals surface area contributed by atoms with E-state index in [-0.39, 0.29) is 0 Å². The third-order valence-electron chi connectivity index (χ3n) is 3.24. The number of rotatable bonds is 5. The molecule has 0 spiro atoms. The van der Waals surface area contributed by atoms with E-state index in [4.69, 9.17) is 4.74 Å². The highest BCUT2D eigenvalue weighted by Crippen LogP contribution is 2.25. The zero-order valence-corrected chi connectivity index (χ0v) is 10.1. The molecule has 1 nitrogen and oxygen atoms in total. The van der Waals surface area contributed by atoms with Gasteiger partial charge in [0.15, 0.2) is 0 Å². The molecule has 0 bridgehead atoms. The van der Waals surface area contributed by atoms with Crippen LogP contribution in [0.15, 0.2) is 0 Å². The van der Waals surface area contributed by atoms with Gasteiger partial charge in [0.1, 0.15) is 0 Å². The summed E-state index contributed by atoms with van der Waals surface area (Å²) in [6.45, 7) is 7.84. The van der Waals surface area contributed by atoms with Crippen molar-refractivity contribution in [2.75, 3.05) is 6.61 Å². The predicted molar refractivity (Wildman–Crippen MR) is 61.4 cm³/mol. The summed E-state index contributed by atoms with van der Waals surface area (Å²) < 4.78 is 5.55. The van der Waals surface area contributed by atoms with Gasteiger partial charge < -0.3 is 4.74 Å². The van der Waals surface area contributed by atoms with Crippen LogP contribution in [-0.4, -0.2) is 12.7 Å². The summed E-state index contributed by atoms with van der Waals surface area (Å²) in [7, 11) is 0. The Labute approximate surface area is 89.2 Å². The van der Waals surface area contributed by atoms with Gasteiger partial charge in [0, 0.05) is 6.61 Å². The van der Waals surface area contributed by atoms with Gasteiger partial charge >= 0.3 is 0 Å². The Balaban J connectivity index is 2.00. The Morgan fingerprint density at radius 1 is 1.29 bits per heavy atom. The van der Waals surface area contributed by atoms with E-state index in [2.05, 4.69) is 20.8 Å². The Bertz CT molecular complexity index is 142. The molecule has 1 heterocycles. The summed E-state index contributed by atoms with van der Waals surface area (Å²) in [4.78, 5) is 0. The summed E-state index contributed by atoms with van der Waals surface area (Å²) in [6.07, 6.45) is 8.78. The summed E-state index contributed by atoms with van der Waals surface area (Å²) >= 11 is 0. The molecule has 0 aliphatic carbocycles. The van der Waals surface area contributed by atoms with E-state index in [1.807, 2.05) is 0 Å². The maximum Gasteiger partial charge on any atom is 0.0549 e. The summed E-state index contributed by atoms with van der Waals surface area (Å²) in [5.74, 6) is 1.83. The molecule has 1 rings (SSSR count). The van der Waals surface area contributed by atoms with Gasteiger partial charge in [-0.3, -0.25) is 0 Å². The fourth-order valence-electron chi connectivity index (χ4n) is 2.34. The first kappa shape index (κ1) is 12.0. The molecule has 1 aliphatic heterocycles. The Morgan fingerprint density at radius 3 is 2.71 bits per heavy atom. The average Bonchev–Trinajstić information content (AvgIpc) is 2.12. The van der Waals surface area contributed by atoms with E-state index in [0.29, 0.717) is 6.10 Å². The largest absolute Gasteiger partial charge is 0.378 e. The van der Waals surface area contributed by atoms with Gasteiger partial charge in [-0.15, -0.1) is 0 Å². The summed E-state index contributed by atoms with van der Waals surface area (Å²) in [5.41, 5.74) is 0. The second kappa shape index (κ2) is 6.44. The van der Waals surface area contributed by atoms with Crippen molar-refractivity contribution >= 4 is 0 Å². The van der Waals surface area contributed by atoms with Crippen molar-refractivity contribution in [3.63, 3.8) is 0 Å². The molecule has 0 aromatic carbocycles. The van der Waals surface area contributed by atoms with Crippen LogP contribution >= 0.6 is 0 Å². The Morgan fingerprint density at radius 2 is 2.07 bits per heavy atom. The molecular weight excluding hydrogens is 172 g/mol. The molecule has 1 saturated heterocycles. The van der Waals surface area contributed by atoms with E-state index in [1.54, 1.807) is 0 Å². The Kier molecular flexibility index (Phi) is 5.54. The fraction of sp³-hybridized carbons (Fsp3) is 1.00. The highest BCUT2D eigenvalue weighted by molar-refractivity contribution is 4.68. The maximum atomic E-state index is 5.55. The summed E-state index contributed by atoms with van der Waals surface area (Å²) in [6, 6.07) is 0. The standard InChI is InChI=1S/C13H26O/c1-11(2)6-4-5-7-13-8-9-14-12(3)10-13/h11-13H,4-10H2,1-3H3. The Hall–Kier alpha value is -0.0400. The van der Waals surface area contributed by atoms with Crippen molar-refractivity contribution in [2.24, 2.45) is 11.8 Å². The van der Waals surface area contributed by atoms with Gasteiger partial charge in [-0.05, 0) is 31.6 Å². The lowest BCUT2D eigenvalue weighted by atomic mass is 9.90. The van der Waals surface area contributed by atoms with E-state index in [0.717, 1.165) is 18.4 Å². The number of unbranched alkanes of at least 4 members (excludes halogenated alkanes) is 1. The molecule has 0 radical (unpaired) electrons. The smallest absolute Gasteiger partial charge is 0.0549 e. The van der Waals surface area contributed by atoms with Gasteiger partial charge in [0.25, 0.3) is 0 Å². The van der Waals surface area contributed by atoms with E-state index < -0.39 is 0 Å². The number of hydrogen-bond donors (Lipinski definition) is 0. The molecule has 14 heavy (non-hydrogen) atoms. The lowest BCUT2D eigenvalue weighted by molar-refractivity contribution is 0.000327.